The van der Waals surface area contributed by atoms with Crippen LogP contribution in [0.5, 0.6) is 5.75 Å². The maximum Gasteiger partial charge on any atom is 0.167 e. The normalized spacial score (nSPS) is 10.6. The van der Waals surface area contributed by atoms with Crippen LogP contribution < -0.4 is 15.8 Å². The average molecular weight is 278 g/mol. The van der Waals surface area contributed by atoms with Gasteiger partial charge in [0.25, 0.3) is 0 Å². The molecule has 1 aromatic heterocycles. The molecule has 20 heavy (non-hydrogen) atoms. The summed E-state index contributed by atoms with van der Waals surface area (Å²) < 4.78 is 20.6. The first-order valence-corrected chi connectivity index (χ1v) is 6.55. The number of nitrogens with one attached hydrogen (secondary N) is 1. The number of ether oxygens (including phenoxy) is 1. The van der Waals surface area contributed by atoms with Crippen molar-refractivity contribution >= 4 is 11.4 Å². The lowest BCUT2D eigenvalue weighted by Crippen LogP contribution is -2.12. The van der Waals surface area contributed by atoms with Gasteiger partial charge in [0.15, 0.2) is 11.6 Å². The summed E-state index contributed by atoms with van der Waals surface area (Å²) in [6.45, 7) is 5.55. The Morgan fingerprint density at radius 1 is 1.45 bits per heavy atom. The number of rotatable bonds is 6. The first-order valence-electron chi connectivity index (χ1n) is 6.55. The van der Waals surface area contributed by atoms with E-state index in [2.05, 4.69) is 10.4 Å². The maximum absolute atomic E-state index is 13.6. The Balaban J connectivity index is 1.99. The van der Waals surface area contributed by atoms with Gasteiger partial charge in [-0.25, -0.2) is 4.39 Å². The molecule has 0 bridgehead atoms. The Morgan fingerprint density at radius 3 is 2.90 bits per heavy atom. The van der Waals surface area contributed by atoms with Gasteiger partial charge in [0.05, 0.1) is 30.7 Å². The summed E-state index contributed by atoms with van der Waals surface area (Å²) in [4.78, 5) is 0. The molecule has 0 amide bonds. The second kappa shape index (κ2) is 6.27. The highest BCUT2D eigenvalue weighted by Crippen LogP contribution is 2.28. The van der Waals surface area contributed by atoms with Gasteiger partial charge in [0.1, 0.15) is 0 Å². The molecule has 0 fully saturated rings. The topological polar surface area (TPSA) is 65.1 Å². The lowest BCUT2D eigenvalue weighted by atomic mass is 10.2. The molecular weight excluding hydrogens is 259 g/mol. The Kier molecular flexibility index (Phi) is 4.45. The van der Waals surface area contributed by atoms with Gasteiger partial charge in [-0.2, -0.15) is 5.10 Å². The zero-order valence-corrected chi connectivity index (χ0v) is 11.7. The van der Waals surface area contributed by atoms with Crippen molar-refractivity contribution in [3.63, 3.8) is 0 Å². The van der Waals surface area contributed by atoms with Crippen LogP contribution in [0.2, 0.25) is 0 Å². The molecule has 1 aromatic carbocycles. The third-order valence-corrected chi connectivity index (χ3v) is 2.82. The van der Waals surface area contributed by atoms with E-state index in [-0.39, 0.29) is 5.75 Å². The Hall–Kier alpha value is -2.24. The van der Waals surface area contributed by atoms with E-state index in [1.54, 1.807) is 12.3 Å². The Morgan fingerprint density at radius 2 is 2.25 bits per heavy atom. The number of anilines is 2. The molecule has 108 valence electrons. The lowest BCUT2D eigenvalue weighted by Gasteiger charge is -2.12. The van der Waals surface area contributed by atoms with E-state index >= 15 is 0 Å². The number of aryl methyl sites for hydroxylation is 1. The van der Waals surface area contributed by atoms with E-state index < -0.39 is 5.82 Å². The van der Waals surface area contributed by atoms with Crippen molar-refractivity contribution in [3.8, 4) is 5.75 Å². The number of nitrogens with zero attached hydrogens (tertiary/aromatic N) is 2. The largest absolute Gasteiger partial charge is 0.491 e. The van der Waals surface area contributed by atoms with Crippen LogP contribution in [0, 0.1) is 12.7 Å². The number of hydrogen-bond acceptors (Lipinski definition) is 4. The summed E-state index contributed by atoms with van der Waals surface area (Å²) in [5.74, 6) is -0.239. The van der Waals surface area contributed by atoms with Crippen LogP contribution in [0.15, 0.2) is 24.5 Å². The molecule has 5 nitrogen and oxygen atoms in total. The van der Waals surface area contributed by atoms with Crippen LogP contribution in [0.1, 0.15) is 12.5 Å². The molecule has 0 aliphatic carbocycles. The zero-order valence-electron chi connectivity index (χ0n) is 11.7. The Bertz CT molecular complexity index is 583. The molecule has 6 heteroatoms. The van der Waals surface area contributed by atoms with Gasteiger partial charge >= 0.3 is 0 Å². The number of hydrogen-bond donors (Lipinski definition) is 2. The molecule has 0 radical (unpaired) electrons. The highest BCUT2D eigenvalue weighted by Gasteiger charge is 2.08. The smallest absolute Gasteiger partial charge is 0.167 e. The Labute approximate surface area is 117 Å². The molecule has 0 unspecified atom stereocenters. The molecule has 0 saturated carbocycles. The van der Waals surface area contributed by atoms with E-state index in [0.29, 0.717) is 31.1 Å². The maximum atomic E-state index is 13.6. The van der Waals surface area contributed by atoms with Gasteiger partial charge in [-0.05, 0) is 19.4 Å². The molecule has 0 saturated heterocycles. The van der Waals surface area contributed by atoms with Crippen LogP contribution >= 0.6 is 0 Å². The standard InChI is InChI=1S/C14H19FN4O/c1-3-20-14-7-13(12(16)6-11(14)15)17-4-5-19-9-10(2)8-18-19/h6-9,17H,3-5,16H2,1-2H3. The van der Waals surface area contributed by atoms with Gasteiger partial charge in [-0.1, -0.05) is 0 Å². The van der Waals surface area contributed by atoms with Crippen molar-refractivity contribution < 1.29 is 9.13 Å². The summed E-state index contributed by atoms with van der Waals surface area (Å²) in [5.41, 5.74) is 7.93. The fraction of sp³-hybridized carbons (Fsp3) is 0.357. The van der Waals surface area contributed by atoms with Crippen LogP contribution in [-0.4, -0.2) is 22.9 Å². The van der Waals surface area contributed by atoms with Gasteiger partial charge < -0.3 is 15.8 Å². The fourth-order valence-corrected chi connectivity index (χ4v) is 1.88. The van der Waals surface area contributed by atoms with E-state index in [1.807, 2.05) is 24.7 Å². The summed E-state index contributed by atoms with van der Waals surface area (Å²) in [6, 6.07) is 2.86. The van der Waals surface area contributed by atoms with E-state index in [0.717, 1.165) is 5.56 Å². The number of benzene rings is 1. The fourth-order valence-electron chi connectivity index (χ4n) is 1.88. The molecule has 0 spiro atoms. The monoisotopic (exact) mass is 278 g/mol. The minimum atomic E-state index is -0.447. The molecule has 0 aliphatic rings. The van der Waals surface area contributed by atoms with Crippen LogP contribution in [0.4, 0.5) is 15.8 Å². The highest BCUT2D eigenvalue weighted by molar-refractivity contribution is 5.68. The van der Waals surface area contributed by atoms with Crippen molar-refractivity contribution in [3.05, 3.63) is 35.9 Å². The SMILES string of the molecule is CCOc1cc(NCCn2cc(C)cn2)c(N)cc1F. The number of nitrogens with two attached hydrogens (primary N) is 1. The minimum Gasteiger partial charge on any atom is -0.491 e. The molecule has 0 atom stereocenters. The highest BCUT2D eigenvalue weighted by atomic mass is 19.1. The predicted octanol–water partition coefficient (Wildman–Crippen LogP) is 2.42. The van der Waals surface area contributed by atoms with Crippen LogP contribution in [0.25, 0.3) is 0 Å². The van der Waals surface area contributed by atoms with Crippen molar-refractivity contribution in [1.29, 1.82) is 0 Å². The van der Waals surface area contributed by atoms with Crippen LogP contribution in [-0.2, 0) is 6.54 Å². The summed E-state index contributed by atoms with van der Waals surface area (Å²) in [6.07, 6.45) is 3.76. The van der Waals surface area contributed by atoms with Gasteiger partial charge in [-0.3, -0.25) is 4.68 Å². The second-order valence-electron chi connectivity index (χ2n) is 4.51. The average Bonchev–Trinajstić information content (AvgIpc) is 2.81. The first kappa shape index (κ1) is 14.2. The molecule has 0 aliphatic heterocycles. The molecule has 1 heterocycles. The summed E-state index contributed by atoms with van der Waals surface area (Å²) in [7, 11) is 0. The number of nitrogen functional groups attached to an aromatic ring is 1. The lowest BCUT2D eigenvalue weighted by molar-refractivity contribution is 0.322. The molecule has 2 rings (SSSR count). The second-order valence-corrected chi connectivity index (χ2v) is 4.51. The van der Waals surface area contributed by atoms with E-state index in [1.165, 1.54) is 6.07 Å². The predicted molar refractivity (Wildman–Crippen MR) is 77.4 cm³/mol. The number of aromatic nitrogens is 2. The van der Waals surface area contributed by atoms with Crippen molar-refractivity contribution in [2.75, 3.05) is 24.2 Å². The van der Waals surface area contributed by atoms with Crippen molar-refractivity contribution in [1.82, 2.24) is 9.78 Å². The van der Waals surface area contributed by atoms with Crippen molar-refractivity contribution in [2.45, 2.75) is 20.4 Å². The zero-order chi connectivity index (χ0) is 14.5. The van der Waals surface area contributed by atoms with Gasteiger partial charge in [0.2, 0.25) is 0 Å². The van der Waals surface area contributed by atoms with Gasteiger partial charge in [-0.15, -0.1) is 0 Å². The first-order chi connectivity index (χ1) is 9.60. The molecule has 2 aromatic rings. The third kappa shape index (κ3) is 3.40. The molecular formula is C14H19FN4O. The van der Waals surface area contributed by atoms with Crippen LogP contribution in [0.3, 0.4) is 0 Å². The summed E-state index contributed by atoms with van der Waals surface area (Å²) >= 11 is 0. The number of halogens is 1. The molecule has 3 N–H and O–H groups in total. The van der Waals surface area contributed by atoms with E-state index in [4.69, 9.17) is 10.5 Å². The quantitative estimate of drug-likeness (QED) is 0.796. The van der Waals surface area contributed by atoms with Gasteiger partial charge in [0, 0.05) is 24.9 Å². The third-order valence-electron chi connectivity index (χ3n) is 2.82. The summed E-state index contributed by atoms with van der Waals surface area (Å²) in [5, 5.41) is 7.36. The van der Waals surface area contributed by atoms with Crippen molar-refractivity contribution in [2.24, 2.45) is 0 Å². The van der Waals surface area contributed by atoms with E-state index in [9.17, 15) is 4.39 Å². The minimum absolute atomic E-state index is 0.208.